The minimum atomic E-state index is -1.47. The first-order chi connectivity index (χ1) is 11.8. The number of hydrogen-bond donors (Lipinski definition) is 2. The SMILES string of the molecule is CCC(=O)c1ccc(CC[C@](C)(O)C(=O)Nc2ccc(C)cc2)cc1. The lowest BCUT2D eigenvalue weighted by atomic mass is 9.95. The Labute approximate surface area is 148 Å². The lowest BCUT2D eigenvalue weighted by Crippen LogP contribution is -2.40. The molecule has 2 N–H and O–H groups in total. The van der Waals surface area contributed by atoms with Crippen molar-refractivity contribution in [2.24, 2.45) is 0 Å². The highest BCUT2D eigenvalue weighted by atomic mass is 16.3. The standard InChI is InChI=1S/C21H25NO3/c1-4-19(23)17-9-7-16(8-10-17)13-14-21(3,25)20(24)22-18-11-5-15(2)6-12-18/h5-12,25H,4,13-14H2,1-3H3,(H,22,24)/t21-/m0/s1. The lowest BCUT2D eigenvalue weighted by molar-refractivity contribution is -0.132. The Morgan fingerprint density at radius 1 is 1.04 bits per heavy atom. The molecule has 0 aliphatic carbocycles. The maximum absolute atomic E-state index is 12.3. The summed E-state index contributed by atoms with van der Waals surface area (Å²) in [5, 5.41) is 13.2. The van der Waals surface area contributed by atoms with E-state index in [0.717, 1.165) is 11.1 Å². The predicted molar refractivity (Wildman–Crippen MR) is 99.8 cm³/mol. The van der Waals surface area contributed by atoms with Gasteiger partial charge in [0.15, 0.2) is 5.78 Å². The van der Waals surface area contributed by atoms with Gasteiger partial charge in [0.05, 0.1) is 0 Å². The number of amides is 1. The van der Waals surface area contributed by atoms with Crippen LogP contribution in [0, 0.1) is 6.92 Å². The Hall–Kier alpha value is -2.46. The third-order valence-electron chi connectivity index (χ3n) is 4.30. The van der Waals surface area contributed by atoms with E-state index in [1.165, 1.54) is 6.92 Å². The van der Waals surface area contributed by atoms with Crippen LogP contribution >= 0.6 is 0 Å². The number of hydrogen-bond acceptors (Lipinski definition) is 3. The van der Waals surface area contributed by atoms with Crippen molar-refractivity contribution in [1.82, 2.24) is 0 Å². The van der Waals surface area contributed by atoms with Gasteiger partial charge >= 0.3 is 0 Å². The van der Waals surface area contributed by atoms with Gasteiger partial charge in [0.25, 0.3) is 5.91 Å². The van der Waals surface area contributed by atoms with Crippen LogP contribution in [0.4, 0.5) is 5.69 Å². The zero-order chi connectivity index (χ0) is 18.4. The van der Waals surface area contributed by atoms with Crippen molar-refractivity contribution < 1.29 is 14.7 Å². The third kappa shape index (κ3) is 5.26. The Morgan fingerprint density at radius 3 is 2.20 bits per heavy atom. The molecule has 132 valence electrons. The fourth-order valence-corrected chi connectivity index (χ4v) is 2.47. The second-order valence-corrected chi connectivity index (χ2v) is 6.57. The van der Waals surface area contributed by atoms with E-state index in [4.69, 9.17) is 0 Å². The van der Waals surface area contributed by atoms with E-state index in [-0.39, 0.29) is 5.78 Å². The molecule has 25 heavy (non-hydrogen) atoms. The number of aryl methyl sites for hydroxylation is 2. The van der Waals surface area contributed by atoms with Crippen LogP contribution in [-0.4, -0.2) is 22.4 Å². The summed E-state index contributed by atoms with van der Waals surface area (Å²) in [5.41, 5.74) is 1.97. The first-order valence-corrected chi connectivity index (χ1v) is 8.54. The van der Waals surface area contributed by atoms with Crippen molar-refractivity contribution in [2.45, 2.75) is 45.6 Å². The molecule has 0 spiro atoms. The van der Waals surface area contributed by atoms with Gasteiger partial charge in [-0.2, -0.15) is 0 Å². The van der Waals surface area contributed by atoms with Crippen LogP contribution in [0.3, 0.4) is 0 Å². The number of ketones is 1. The number of carbonyl (C=O) groups is 2. The first kappa shape index (κ1) is 18.9. The van der Waals surface area contributed by atoms with E-state index in [0.29, 0.717) is 30.5 Å². The molecule has 0 aromatic heterocycles. The fourth-order valence-electron chi connectivity index (χ4n) is 2.47. The molecule has 4 nitrogen and oxygen atoms in total. The van der Waals surface area contributed by atoms with Gasteiger partial charge in [0.2, 0.25) is 0 Å². The van der Waals surface area contributed by atoms with E-state index in [1.54, 1.807) is 12.1 Å². The van der Waals surface area contributed by atoms with Gasteiger partial charge in [-0.1, -0.05) is 48.9 Å². The Bertz CT molecular complexity index is 731. The first-order valence-electron chi connectivity index (χ1n) is 8.54. The van der Waals surface area contributed by atoms with Crippen molar-refractivity contribution in [3.8, 4) is 0 Å². The quantitative estimate of drug-likeness (QED) is 0.752. The number of Topliss-reactive ketones (excluding diaryl/α,β-unsaturated/α-hetero) is 1. The molecule has 1 amide bonds. The van der Waals surface area contributed by atoms with Gasteiger partial charge in [-0.15, -0.1) is 0 Å². The summed E-state index contributed by atoms with van der Waals surface area (Å²) in [5.74, 6) is -0.315. The van der Waals surface area contributed by atoms with Gasteiger partial charge in [0, 0.05) is 17.7 Å². The second kappa shape index (κ2) is 8.08. The Balaban J connectivity index is 1.94. The number of carbonyl (C=O) groups excluding carboxylic acids is 2. The highest BCUT2D eigenvalue weighted by molar-refractivity contribution is 5.97. The summed E-state index contributed by atoms with van der Waals surface area (Å²) in [4.78, 5) is 23.9. The Morgan fingerprint density at radius 2 is 1.64 bits per heavy atom. The van der Waals surface area contributed by atoms with Crippen LogP contribution in [0.15, 0.2) is 48.5 Å². The third-order valence-corrected chi connectivity index (χ3v) is 4.30. The van der Waals surface area contributed by atoms with Gasteiger partial charge in [-0.25, -0.2) is 0 Å². The highest BCUT2D eigenvalue weighted by Crippen LogP contribution is 2.18. The van der Waals surface area contributed by atoms with Crippen molar-refractivity contribution in [2.75, 3.05) is 5.32 Å². The normalized spacial score (nSPS) is 13.1. The summed E-state index contributed by atoms with van der Waals surface area (Å²) in [6.07, 6.45) is 1.33. The molecule has 2 aromatic carbocycles. The zero-order valence-electron chi connectivity index (χ0n) is 15.0. The topological polar surface area (TPSA) is 66.4 Å². The molecule has 0 heterocycles. The summed E-state index contributed by atoms with van der Waals surface area (Å²) in [6, 6.07) is 14.8. The summed E-state index contributed by atoms with van der Waals surface area (Å²) >= 11 is 0. The maximum atomic E-state index is 12.3. The number of anilines is 1. The van der Waals surface area contributed by atoms with Gasteiger partial charge in [-0.05, 0) is 44.4 Å². The highest BCUT2D eigenvalue weighted by Gasteiger charge is 2.29. The van der Waals surface area contributed by atoms with E-state index in [9.17, 15) is 14.7 Å². The van der Waals surface area contributed by atoms with Crippen molar-refractivity contribution in [3.63, 3.8) is 0 Å². The lowest BCUT2D eigenvalue weighted by Gasteiger charge is -2.22. The van der Waals surface area contributed by atoms with Crippen LogP contribution in [-0.2, 0) is 11.2 Å². The predicted octanol–water partition coefficient (Wildman–Crippen LogP) is 3.91. The summed E-state index contributed by atoms with van der Waals surface area (Å²) in [7, 11) is 0. The van der Waals surface area contributed by atoms with Gasteiger partial charge in [-0.3, -0.25) is 9.59 Å². The molecule has 0 bridgehead atoms. The number of benzene rings is 2. The van der Waals surface area contributed by atoms with Gasteiger partial charge in [0.1, 0.15) is 5.60 Å². The van der Waals surface area contributed by atoms with E-state index < -0.39 is 11.5 Å². The average Bonchev–Trinajstić information content (AvgIpc) is 2.61. The minimum Gasteiger partial charge on any atom is -0.380 e. The van der Waals surface area contributed by atoms with Crippen LogP contribution in [0.5, 0.6) is 0 Å². The molecule has 0 aliphatic heterocycles. The number of nitrogens with one attached hydrogen (secondary N) is 1. The summed E-state index contributed by atoms with van der Waals surface area (Å²) < 4.78 is 0. The molecule has 0 saturated carbocycles. The average molecular weight is 339 g/mol. The number of aliphatic hydroxyl groups is 1. The molecule has 2 aromatic rings. The van der Waals surface area contributed by atoms with Crippen LogP contribution < -0.4 is 5.32 Å². The molecular formula is C21H25NO3. The molecule has 0 saturated heterocycles. The van der Waals surface area contributed by atoms with E-state index in [2.05, 4.69) is 5.32 Å². The molecule has 0 unspecified atom stereocenters. The molecule has 0 radical (unpaired) electrons. The second-order valence-electron chi connectivity index (χ2n) is 6.57. The molecule has 4 heteroatoms. The largest absolute Gasteiger partial charge is 0.380 e. The van der Waals surface area contributed by atoms with Crippen LogP contribution in [0.1, 0.15) is 48.2 Å². The molecule has 2 rings (SSSR count). The molecule has 0 fully saturated rings. The van der Waals surface area contributed by atoms with E-state index in [1.807, 2.05) is 50.2 Å². The monoisotopic (exact) mass is 339 g/mol. The van der Waals surface area contributed by atoms with E-state index >= 15 is 0 Å². The molecule has 1 atom stereocenters. The van der Waals surface area contributed by atoms with Crippen molar-refractivity contribution in [1.29, 1.82) is 0 Å². The van der Waals surface area contributed by atoms with Crippen molar-refractivity contribution in [3.05, 3.63) is 65.2 Å². The summed E-state index contributed by atoms with van der Waals surface area (Å²) in [6.45, 7) is 5.33. The smallest absolute Gasteiger partial charge is 0.256 e. The zero-order valence-corrected chi connectivity index (χ0v) is 15.0. The van der Waals surface area contributed by atoms with Gasteiger partial charge < -0.3 is 10.4 Å². The van der Waals surface area contributed by atoms with Crippen LogP contribution in [0.25, 0.3) is 0 Å². The molecular weight excluding hydrogens is 314 g/mol. The fraction of sp³-hybridized carbons (Fsp3) is 0.333. The minimum absolute atomic E-state index is 0.107. The molecule has 0 aliphatic rings. The maximum Gasteiger partial charge on any atom is 0.256 e. The van der Waals surface area contributed by atoms with Crippen molar-refractivity contribution >= 4 is 17.4 Å². The number of rotatable bonds is 7. The van der Waals surface area contributed by atoms with Crippen LogP contribution in [0.2, 0.25) is 0 Å². The Kier molecular flexibility index (Phi) is 6.10.